The number of aromatic nitrogens is 3. The average Bonchev–Trinajstić information content (AvgIpc) is 3.29. The number of nitrogens with zero attached hydrogens (tertiary/aromatic N) is 3. The topological polar surface area (TPSA) is 103 Å². The van der Waals surface area contributed by atoms with Crippen molar-refractivity contribution < 1.29 is 17.4 Å². The Morgan fingerprint density at radius 2 is 2.07 bits per heavy atom. The first-order valence-electron chi connectivity index (χ1n) is 8.90. The molecule has 27 heavy (non-hydrogen) atoms. The van der Waals surface area contributed by atoms with Crippen LogP contribution in [-0.4, -0.2) is 23.1 Å². The van der Waals surface area contributed by atoms with Crippen LogP contribution in [0.2, 0.25) is 0 Å². The number of sulfonamides is 1. The predicted octanol–water partition coefficient (Wildman–Crippen LogP) is 3.03. The highest BCUT2D eigenvalue weighted by Gasteiger charge is 2.32. The van der Waals surface area contributed by atoms with Gasteiger partial charge in [0.25, 0.3) is 5.89 Å². The van der Waals surface area contributed by atoms with Crippen molar-refractivity contribution >= 4 is 10.0 Å². The van der Waals surface area contributed by atoms with Crippen LogP contribution < -0.4 is 4.72 Å². The lowest BCUT2D eigenvalue weighted by atomic mass is 9.85. The maximum absolute atomic E-state index is 13.1. The normalized spacial score (nSPS) is 15.2. The molecule has 0 bridgehead atoms. The molecule has 9 heteroatoms. The molecule has 3 heterocycles. The van der Waals surface area contributed by atoms with Gasteiger partial charge in [0.2, 0.25) is 10.0 Å². The van der Waals surface area contributed by atoms with Crippen LogP contribution in [0, 0.1) is 13.8 Å². The average molecular weight is 390 g/mol. The molecular formula is C18H22N4O4S. The Bertz CT molecular complexity index is 1060. The molecule has 0 amide bonds. The van der Waals surface area contributed by atoms with Gasteiger partial charge in [-0.05, 0) is 38.8 Å². The summed E-state index contributed by atoms with van der Waals surface area (Å²) in [6, 6.07) is 3.43. The molecule has 3 aromatic heterocycles. The second-order valence-corrected chi connectivity index (χ2v) is 8.63. The van der Waals surface area contributed by atoms with Crippen LogP contribution in [-0.2, 0) is 23.6 Å². The Morgan fingerprint density at radius 1 is 1.30 bits per heavy atom. The summed E-state index contributed by atoms with van der Waals surface area (Å²) in [4.78, 5) is 4.66. The first kappa shape index (κ1) is 18.0. The third kappa shape index (κ3) is 3.10. The molecule has 0 spiro atoms. The van der Waals surface area contributed by atoms with Crippen LogP contribution in [0.1, 0.15) is 48.2 Å². The number of furan rings is 1. The van der Waals surface area contributed by atoms with E-state index in [-0.39, 0.29) is 17.3 Å². The van der Waals surface area contributed by atoms with Gasteiger partial charge in [0.05, 0.1) is 18.4 Å². The second-order valence-electron chi connectivity index (χ2n) is 6.92. The van der Waals surface area contributed by atoms with Crippen LogP contribution in [0.15, 0.2) is 32.2 Å². The predicted molar refractivity (Wildman–Crippen MR) is 97.5 cm³/mol. The molecule has 0 saturated heterocycles. The van der Waals surface area contributed by atoms with Gasteiger partial charge in [-0.15, -0.1) is 0 Å². The van der Waals surface area contributed by atoms with E-state index < -0.39 is 10.0 Å². The van der Waals surface area contributed by atoms with Crippen LogP contribution in [0.5, 0.6) is 0 Å². The van der Waals surface area contributed by atoms with Gasteiger partial charge in [-0.3, -0.25) is 0 Å². The zero-order valence-electron chi connectivity index (χ0n) is 15.5. The quantitative estimate of drug-likeness (QED) is 0.694. The number of hydrogen-bond donors (Lipinski definition) is 1. The first-order valence-corrected chi connectivity index (χ1v) is 10.4. The van der Waals surface area contributed by atoms with Crippen molar-refractivity contribution in [1.29, 1.82) is 0 Å². The van der Waals surface area contributed by atoms with Gasteiger partial charge in [-0.2, -0.15) is 4.98 Å². The van der Waals surface area contributed by atoms with Gasteiger partial charge < -0.3 is 13.5 Å². The maximum atomic E-state index is 13.1. The highest BCUT2D eigenvalue weighted by Crippen LogP contribution is 2.38. The summed E-state index contributed by atoms with van der Waals surface area (Å²) < 4.78 is 41.2. The molecule has 1 N–H and O–H groups in total. The molecule has 1 aliphatic carbocycles. The largest absolute Gasteiger partial charge is 0.468 e. The molecule has 144 valence electrons. The van der Waals surface area contributed by atoms with Crippen molar-refractivity contribution in [3.8, 4) is 11.5 Å². The van der Waals surface area contributed by atoms with E-state index >= 15 is 0 Å². The lowest BCUT2D eigenvalue weighted by molar-refractivity contribution is 0.366. The molecule has 0 atom stereocenters. The molecule has 0 unspecified atom stereocenters. The Kier molecular flexibility index (Phi) is 4.43. The summed E-state index contributed by atoms with van der Waals surface area (Å²) >= 11 is 0. The van der Waals surface area contributed by atoms with E-state index in [1.165, 1.54) is 6.26 Å². The van der Waals surface area contributed by atoms with Gasteiger partial charge in [-0.25, -0.2) is 13.1 Å². The lowest BCUT2D eigenvalue weighted by Crippen LogP contribution is -2.24. The van der Waals surface area contributed by atoms with Crippen molar-refractivity contribution in [3.05, 3.63) is 41.4 Å². The highest BCUT2D eigenvalue weighted by atomic mass is 32.2. The fraction of sp³-hybridized carbons (Fsp3) is 0.444. The third-order valence-corrected chi connectivity index (χ3v) is 6.90. The standard InChI is InChI=1S/C18H22N4O4S/c1-11-15(18-20-17(21-26-18)13-6-4-7-13)16(12(2)22(11)3)27(23,24)19-10-14-8-5-9-25-14/h5,8-9,13,19H,4,6-7,10H2,1-3H3. The van der Waals surface area contributed by atoms with E-state index in [1.807, 2.05) is 18.5 Å². The minimum Gasteiger partial charge on any atom is -0.468 e. The van der Waals surface area contributed by atoms with E-state index in [0.717, 1.165) is 25.0 Å². The molecule has 0 aromatic carbocycles. The Hall–Kier alpha value is -2.39. The zero-order chi connectivity index (χ0) is 19.2. The van der Waals surface area contributed by atoms with E-state index in [4.69, 9.17) is 8.94 Å². The molecular weight excluding hydrogens is 368 g/mol. The summed E-state index contributed by atoms with van der Waals surface area (Å²) in [7, 11) is -1.99. The summed E-state index contributed by atoms with van der Waals surface area (Å²) in [5.74, 6) is 1.75. The van der Waals surface area contributed by atoms with Gasteiger partial charge in [0.15, 0.2) is 5.82 Å². The Balaban J connectivity index is 1.74. The van der Waals surface area contributed by atoms with Gasteiger partial charge >= 0.3 is 0 Å². The lowest BCUT2D eigenvalue weighted by Gasteiger charge is -2.20. The molecule has 1 aliphatic rings. The van der Waals surface area contributed by atoms with Crippen molar-refractivity contribution in [2.75, 3.05) is 0 Å². The summed E-state index contributed by atoms with van der Waals surface area (Å²) in [6.45, 7) is 3.68. The molecule has 0 aliphatic heterocycles. The van der Waals surface area contributed by atoms with Crippen LogP contribution in [0.25, 0.3) is 11.5 Å². The fourth-order valence-corrected chi connectivity index (χ4v) is 4.82. The molecule has 4 rings (SSSR count). The number of nitrogens with one attached hydrogen (secondary N) is 1. The van der Waals surface area contributed by atoms with E-state index in [9.17, 15) is 8.42 Å². The minimum atomic E-state index is -3.81. The summed E-state index contributed by atoms with van der Waals surface area (Å²) in [5, 5.41) is 4.08. The SMILES string of the molecule is Cc1c(-c2nc(C3CCC3)no2)c(S(=O)(=O)NCc2ccco2)c(C)n1C. The van der Waals surface area contributed by atoms with E-state index in [1.54, 1.807) is 19.1 Å². The van der Waals surface area contributed by atoms with Crippen molar-refractivity contribution in [3.63, 3.8) is 0 Å². The maximum Gasteiger partial charge on any atom is 0.261 e. The molecule has 1 fully saturated rings. The van der Waals surface area contributed by atoms with Crippen molar-refractivity contribution in [2.45, 2.75) is 50.5 Å². The smallest absolute Gasteiger partial charge is 0.261 e. The van der Waals surface area contributed by atoms with Crippen LogP contribution >= 0.6 is 0 Å². The Labute approximate surface area is 157 Å². The van der Waals surface area contributed by atoms with Crippen LogP contribution in [0.4, 0.5) is 0 Å². The molecule has 3 aromatic rings. The van der Waals surface area contributed by atoms with Gasteiger partial charge in [-0.1, -0.05) is 11.6 Å². The van der Waals surface area contributed by atoms with Crippen molar-refractivity contribution in [1.82, 2.24) is 19.4 Å². The van der Waals surface area contributed by atoms with E-state index in [2.05, 4.69) is 14.9 Å². The summed E-state index contributed by atoms with van der Waals surface area (Å²) in [5.41, 5.74) is 1.83. The first-order chi connectivity index (χ1) is 12.9. The summed E-state index contributed by atoms with van der Waals surface area (Å²) in [6.07, 6.45) is 4.75. The monoisotopic (exact) mass is 390 g/mol. The number of hydrogen-bond acceptors (Lipinski definition) is 6. The minimum absolute atomic E-state index is 0.0688. The Morgan fingerprint density at radius 3 is 2.70 bits per heavy atom. The van der Waals surface area contributed by atoms with Crippen LogP contribution in [0.3, 0.4) is 0 Å². The van der Waals surface area contributed by atoms with Gasteiger partial charge in [0, 0.05) is 24.4 Å². The highest BCUT2D eigenvalue weighted by molar-refractivity contribution is 7.89. The second kappa shape index (κ2) is 6.65. The molecule has 0 radical (unpaired) electrons. The van der Waals surface area contributed by atoms with Gasteiger partial charge in [0.1, 0.15) is 10.7 Å². The third-order valence-electron chi connectivity index (χ3n) is 5.33. The zero-order valence-corrected chi connectivity index (χ0v) is 16.3. The van der Waals surface area contributed by atoms with Crippen molar-refractivity contribution in [2.24, 2.45) is 7.05 Å². The molecule has 8 nitrogen and oxygen atoms in total. The molecule has 1 saturated carbocycles. The fourth-order valence-electron chi connectivity index (χ4n) is 3.32. The number of rotatable bonds is 6. The van der Waals surface area contributed by atoms with E-state index in [0.29, 0.717) is 28.8 Å².